The number of nitrogens with two attached hydrogens (primary N) is 1. The van der Waals surface area contributed by atoms with Crippen molar-refractivity contribution in [1.82, 2.24) is 0 Å². The van der Waals surface area contributed by atoms with Crippen molar-refractivity contribution in [2.75, 3.05) is 24.2 Å². The second kappa shape index (κ2) is 4.58. The van der Waals surface area contributed by atoms with Crippen molar-refractivity contribution < 1.29 is 0 Å². The molecule has 0 amide bonds. The van der Waals surface area contributed by atoms with Crippen molar-refractivity contribution in [1.29, 1.82) is 0 Å². The molecule has 2 N–H and O–H groups in total. The maximum Gasteiger partial charge on any atom is 0.0616 e. The lowest BCUT2D eigenvalue weighted by Crippen LogP contribution is -2.17. The highest BCUT2D eigenvalue weighted by molar-refractivity contribution is 6.42. The van der Waals surface area contributed by atoms with Gasteiger partial charge >= 0.3 is 0 Å². The van der Waals surface area contributed by atoms with Gasteiger partial charge in [0.1, 0.15) is 0 Å². The summed E-state index contributed by atoms with van der Waals surface area (Å²) in [6, 6.07) is 3.40. The van der Waals surface area contributed by atoms with E-state index in [4.69, 9.17) is 28.9 Å². The summed E-state index contributed by atoms with van der Waals surface area (Å²) in [5.74, 6) is 0. The van der Waals surface area contributed by atoms with Crippen molar-refractivity contribution in [2.24, 2.45) is 0 Å². The summed E-state index contributed by atoms with van der Waals surface area (Å²) in [7, 11) is 1.91. The number of nitrogen functional groups attached to an aromatic ring is 1. The van der Waals surface area contributed by atoms with Crippen LogP contribution in [0.1, 0.15) is 0 Å². The maximum absolute atomic E-state index is 5.89. The maximum atomic E-state index is 5.89. The molecule has 0 radical (unpaired) electrons. The Bertz CT molecular complexity index is 350. The summed E-state index contributed by atoms with van der Waals surface area (Å²) in [6.07, 6.45) is 1.79. The van der Waals surface area contributed by atoms with Crippen LogP contribution in [-0.2, 0) is 0 Å². The lowest BCUT2D eigenvalue weighted by atomic mass is 10.2. The Labute approximate surface area is 93.9 Å². The molecule has 0 aliphatic rings. The topological polar surface area (TPSA) is 29.3 Å². The Hall–Kier alpha value is -0.860. The molecule has 4 heteroatoms. The van der Waals surface area contributed by atoms with Crippen molar-refractivity contribution in [3.63, 3.8) is 0 Å². The largest absolute Gasteiger partial charge is 0.397 e. The highest BCUT2D eigenvalue weighted by Crippen LogP contribution is 2.32. The predicted molar refractivity (Wildman–Crippen MR) is 64.3 cm³/mol. The van der Waals surface area contributed by atoms with Gasteiger partial charge in [-0.1, -0.05) is 29.3 Å². The van der Waals surface area contributed by atoms with Gasteiger partial charge in [0.2, 0.25) is 0 Å². The SMILES string of the molecule is C=CCN(C)c1cc(Cl)c(Cl)cc1N. The fraction of sp³-hybridized carbons (Fsp3) is 0.200. The molecule has 0 aromatic heterocycles. The second-order valence-corrected chi connectivity index (χ2v) is 3.81. The highest BCUT2D eigenvalue weighted by Gasteiger charge is 2.07. The summed E-state index contributed by atoms with van der Waals surface area (Å²) in [5.41, 5.74) is 7.28. The number of anilines is 2. The second-order valence-electron chi connectivity index (χ2n) is 2.99. The first-order chi connectivity index (χ1) is 6.56. The third-order valence-corrected chi connectivity index (χ3v) is 2.61. The zero-order valence-corrected chi connectivity index (χ0v) is 9.44. The van der Waals surface area contributed by atoms with Crippen LogP contribution < -0.4 is 10.6 Å². The standard InChI is InChI=1S/C10H12Cl2N2/c1-3-4-14(2)10-6-8(12)7(11)5-9(10)13/h3,5-6H,1,4,13H2,2H3. The minimum absolute atomic E-state index is 0.472. The van der Waals surface area contributed by atoms with Gasteiger partial charge in [-0.3, -0.25) is 0 Å². The third-order valence-electron chi connectivity index (χ3n) is 1.88. The summed E-state index contributed by atoms with van der Waals surface area (Å²) in [6.45, 7) is 4.36. The minimum atomic E-state index is 0.472. The molecule has 0 saturated heterocycles. The van der Waals surface area contributed by atoms with Crippen molar-refractivity contribution in [3.05, 3.63) is 34.8 Å². The van der Waals surface area contributed by atoms with Gasteiger partial charge in [0.15, 0.2) is 0 Å². The number of benzene rings is 1. The number of likely N-dealkylation sites (N-methyl/N-ethyl adjacent to an activating group) is 1. The Balaban J connectivity index is 3.08. The van der Waals surface area contributed by atoms with Crippen LogP contribution in [0.2, 0.25) is 10.0 Å². The molecule has 0 spiro atoms. The zero-order valence-electron chi connectivity index (χ0n) is 7.93. The molecule has 0 aliphatic heterocycles. The van der Waals surface area contributed by atoms with E-state index in [1.165, 1.54) is 0 Å². The molecular formula is C10H12Cl2N2. The highest BCUT2D eigenvalue weighted by atomic mass is 35.5. The van der Waals surface area contributed by atoms with E-state index >= 15 is 0 Å². The van der Waals surface area contributed by atoms with Crippen LogP contribution in [0.15, 0.2) is 24.8 Å². The van der Waals surface area contributed by atoms with Crippen LogP contribution in [0, 0.1) is 0 Å². The molecule has 1 aromatic rings. The van der Waals surface area contributed by atoms with E-state index in [0.29, 0.717) is 22.3 Å². The average Bonchev–Trinajstić information content (AvgIpc) is 2.11. The van der Waals surface area contributed by atoms with Crippen molar-refractivity contribution in [2.45, 2.75) is 0 Å². The van der Waals surface area contributed by atoms with Gasteiger partial charge in [-0.2, -0.15) is 0 Å². The van der Waals surface area contributed by atoms with Crippen LogP contribution in [0.25, 0.3) is 0 Å². The molecule has 0 bridgehead atoms. The van der Waals surface area contributed by atoms with E-state index in [1.807, 2.05) is 11.9 Å². The smallest absolute Gasteiger partial charge is 0.0616 e. The van der Waals surface area contributed by atoms with Crippen LogP contribution in [0.4, 0.5) is 11.4 Å². The molecule has 2 nitrogen and oxygen atoms in total. The summed E-state index contributed by atoms with van der Waals surface area (Å²) in [4.78, 5) is 1.95. The number of nitrogens with zero attached hydrogens (tertiary/aromatic N) is 1. The predicted octanol–water partition coefficient (Wildman–Crippen LogP) is 3.20. The molecular weight excluding hydrogens is 219 g/mol. The van der Waals surface area contributed by atoms with Crippen LogP contribution in [0.5, 0.6) is 0 Å². The Kier molecular flexibility index (Phi) is 3.67. The van der Waals surface area contributed by atoms with Crippen LogP contribution >= 0.6 is 23.2 Å². The Morgan fingerprint density at radius 1 is 1.43 bits per heavy atom. The van der Waals surface area contributed by atoms with Gasteiger partial charge in [0, 0.05) is 13.6 Å². The van der Waals surface area contributed by atoms with Crippen molar-refractivity contribution >= 4 is 34.6 Å². The molecule has 0 heterocycles. The quantitative estimate of drug-likeness (QED) is 0.639. The van der Waals surface area contributed by atoms with E-state index in [9.17, 15) is 0 Å². The minimum Gasteiger partial charge on any atom is -0.397 e. The summed E-state index contributed by atoms with van der Waals surface area (Å²) >= 11 is 11.7. The summed E-state index contributed by atoms with van der Waals surface area (Å²) in [5, 5.41) is 0.978. The molecule has 14 heavy (non-hydrogen) atoms. The molecule has 0 atom stereocenters. The number of hydrogen-bond donors (Lipinski definition) is 1. The molecule has 0 fully saturated rings. The lowest BCUT2D eigenvalue weighted by Gasteiger charge is -2.19. The first-order valence-corrected chi connectivity index (χ1v) is 4.88. The van der Waals surface area contributed by atoms with Gasteiger partial charge < -0.3 is 10.6 Å². The molecule has 0 aliphatic carbocycles. The third kappa shape index (κ3) is 2.34. The van der Waals surface area contributed by atoms with Gasteiger partial charge in [0.25, 0.3) is 0 Å². The number of rotatable bonds is 3. The fourth-order valence-corrected chi connectivity index (χ4v) is 1.50. The summed E-state index contributed by atoms with van der Waals surface area (Å²) < 4.78 is 0. The van der Waals surface area contributed by atoms with E-state index in [2.05, 4.69) is 6.58 Å². The van der Waals surface area contributed by atoms with Crippen LogP contribution in [0.3, 0.4) is 0 Å². The monoisotopic (exact) mass is 230 g/mol. The molecule has 0 unspecified atom stereocenters. The number of halogens is 2. The van der Waals surface area contributed by atoms with Gasteiger partial charge in [-0.05, 0) is 12.1 Å². The fourth-order valence-electron chi connectivity index (χ4n) is 1.17. The Morgan fingerprint density at radius 3 is 2.57 bits per heavy atom. The van der Waals surface area contributed by atoms with Gasteiger partial charge in [-0.25, -0.2) is 0 Å². The van der Waals surface area contributed by atoms with E-state index in [0.717, 1.165) is 5.69 Å². The molecule has 1 rings (SSSR count). The molecule has 76 valence electrons. The first-order valence-electron chi connectivity index (χ1n) is 4.12. The van der Waals surface area contributed by atoms with E-state index in [-0.39, 0.29) is 0 Å². The van der Waals surface area contributed by atoms with Gasteiger partial charge in [0.05, 0.1) is 21.4 Å². The zero-order chi connectivity index (χ0) is 10.7. The average molecular weight is 231 g/mol. The van der Waals surface area contributed by atoms with Crippen molar-refractivity contribution in [3.8, 4) is 0 Å². The molecule has 0 saturated carbocycles. The lowest BCUT2D eigenvalue weighted by molar-refractivity contribution is 1.04. The van der Waals surface area contributed by atoms with E-state index in [1.54, 1.807) is 18.2 Å². The Morgan fingerprint density at radius 2 is 2.00 bits per heavy atom. The van der Waals surface area contributed by atoms with Gasteiger partial charge in [-0.15, -0.1) is 6.58 Å². The molecule has 1 aromatic carbocycles. The van der Waals surface area contributed by atoms with E-state index < -0.39 is 0 Å². The first kappa shape index (κ1) is 11.2. The number of hydrogen-bond acceptors (Lipinski definition) is 2. The van der Waals surface area contributed by atoms with Crippen LogP contribution in [-0.4, -0.2) is 13.6 Å². The normalized spacial score (nSPS) is 9.93.